The molecule has 2 aromatic heterocycles. The summed E-state index contributed by atoms with van der Waals surface area (Å²) in [7, 11) is 5.80. The molecule has 676 valence electrons. The largest absolute Gasteiger partial charge is 0.497 e. The highest BCUT2D eigenvalue weighted by Gasteiger charge is 2.45. The molecular formula is C84H113F3N10O26. The van der Waals surface area contributed by atoms with Crippen LogP contribution >= 0.6 is 0 Å². The Kier molecular flexibility index (Phi) is 45.3. The molecule has 39 heteroatoms. The lowest BCUT2D eigenvalue weighted by molar-refractivity contribution is -0.170. The van der Waals surface area contributed by atoms with Crippen molar-refractivity contribution in [2.75, 3.05) is 217 Å². The molecule has 0 unspecified atom stereocenters. The van der Waals surface area contributed by atoms with Gasteiger partial charge in [0.25, 0.3) is 11.5 Å². The molecule has 4 aromatic carbocycles. The first-order chi connectivity index (χ1) is 59.6. The fraction of sp³-hybridized carbons (Fsp3) is 0.548. The number of anilines is 2. The molecule has 36 nitrogen and oxygen atoms in total. The van der Waals surface area contributed by atoms with Crippen molar-refractivity contribution in [3.8, 4) is 11.5 Å². The van der Waals surface area contributed by atoms with E-state index in [9.17, 15) is 56.3 Å². The van der Waals surface area contributed by atoms with Crippen LogP contribution in [-0.2, 0) is 117 Å². The number of carbonyl (C=O) groups excluding carboxylic acids is 8. The molecule has 7 rings (SSSR count). The number of ether oxygens (including phenoxy) is 17. The lowest BCUT2D eigenvalue weighted by atomic mass is 9.80. The molecule has 1 fully saturated rings. The van der Waals surface area contributed by atoms with Crippen molar-refractivity contribution in [3.63, 3.8) is 0 Å². The first kappa shape index (κ1) is 99.8. The predicted molar refractivity (Wildman–Crippen MR) is 437 cm³/mol. The van der Waals surface area contributed by atoms with E-state index in [4.69, 9.17) is 80.5 Å². The number of nitrogens with zero attached hydrogens (tertiary/aromatic N) is 5. The standard InChI is InChI=1S/C84H113F3N10O26/c1-59(2)77(102)94-82-93-76-75(79(104)95-82)91-64(55-90-76)56-97(81(106)84(85,86)87)65-18-12-60(13-19-65)78(103)92-70(80(105)109-6)24-25-72(99)89-29-31-111-33-35-113-37-39-115-41-43-117-45-47-119-49-51-121-53-52-120-50-48-118-46-44-116-42-40-114-38-36-112-34-32-110-30-28-73(100)96-57-69(123-74(101)27-26-71(98)88-3)54-66(96)58-122-83(61-10-8-7-9-11-61,62-14-20-67(107-4)21-15-62)63-16-22-68(108-5)23-17-63/h7-23,55,59,66,69-70H,24-54,56-58H2,1-6H3,(H,88,98)(H,89,99)(H,92,103)(H2,90,93,94,95,102,104)/t66-,69+,70-/m0/s1. The zero-order chi connectivity index (χ0) is 88.5. The lowest BCUT2D eigenvalue weighted by Crippen LogP contribution is -2.42. The lowest BCUT2D eigenvalue weighted by Gasteiger charge is -2.38. The molecule has 3 heterocycles. The van der Waals surface area contributed by atoms with Gasteiger partial charge < -0.3 is 101 Å². The van der Waals surface area contributed by atoms with Gasteiger partial charge in [-0.1, -0.05) is 68.4 Å². The number of H-pyrrole nitrogens is 1. The molecule has 5 N–H and O–H groups in total. The van der Waals surface area contributed by atoms with Crippen molar-refractivity contribution in [1.29, 1.82) is 0 Å². The van der Waals surface area contributed by atoms with Crippen LogP contribution in [0.15, 0.2) is 114 Å². The van der Waals surface area contributed by atoms with E-state index in [2.05, 4.69) is 41.2 Å². The third-order valence-electron chi connectivity index (χ3n) is 18.5. The maximum Gasteiger partial charge on any atom is 0.471 e. The Morgan fingerprint density at radius 3 is 1.51 bits per heavy atom. The number of likely N-dealkylation sites (tertiary alicyclic amines) is 1. The normalized spacial score (nSPS) is 13.7. The number of carbonyl (C=O) groups is 8. The number of amides is 6. The molecule has 6 amide bonds. The number of fused-ring (bicyclic) bond motifs is 1. The highest BCUT2D eigenvalue weighted by Crippen LogP contribution is 2.43. The van der Waals surface area contributed by atoms with Crippen LogP contribution in [0.1, 0.15) is 85.1 Å². The number of rotatable bonds is 62. The second-order valence-corrected chi connectivity index (χ2v) is 27.6. The average Bonchev–Trinajstić information content (AvgIpc) is 1.38. The number of methoxy groups -OCH3 is 3. The van der Waals surface area contributed by atoms with Crippen molar-refractivity contribution in [3.05, 3.63) is 148 Å². The summed E-state index contributed by atoms with van der Waals surface area (Å²) in [6, 6.07) is 27.7. The minimum atomic E-state index is -5.36. The van der Waals surface area contributed by atoms with E-state index in [1.807, 2.05) is 78.9 Å². The molecule has 0 aliphatic carbocycles. The summed E-state index contributed by atoms with van der Waals surface area (Å²) in [5, 5.41) is 10.0. The smallest absolute Gasteiger partial charge is 0.471 e. The number of alkyl halides is 3. The molecule has 0 radical (unpaired) electrons. The van der Waals surface area contributed by atoms with Gasteiger partial charge in [0.15, 0.2) is 11.2 Å². The Balaban J connectivity index is 0.619. The van der Waals surface area contributed by atoms with Gasteiger partial charge in [0, 0.05) is 50.0 Å². The molecule has 1 aliphatic heterocycles. The highest BCUT2D eigenvalue weighted by molar-refractivity contribution is 6.00. The third-order valence-corrected chi connectivity index (χ3v) is 18.5. The summed E-state index contributed by atoms with van der Waals surface area (Å²) in [6.07, 6.45) is -5.10. The van der Waals surface area contributed by atoms with Crippen molar-refractivity contribution < 1.29 is 132 Å². The van der Waals surface area contributed by atoms with E-state index in [0.717, 1.165) is 54.3 Å². The van der Waals surface area contributed by atoms with Crippen LogP contribution in [0.4, 0.5) is 24.8 Å². The fourth-order valence-electron chi connectivity index (χ4n) is 12.1. The van der Waals surface area contributed by atoms with Crippen molar-refractivity contribution in [1.82, 2.24) is 40.8 Å². The van der Waals surface area contributed by atoms with E-state index in [1.54, 1.807) is 33.0 Å². The van der Waals surface area contributed by atoms with Crippen molar-refractivity contribution in [2.45, 2.75) is 88.9 Å². The van der Waals surface area contributed by atoms with Crippen LogP contribution < -0.4 is 41.2 Å². The van der Waals surface area contributed by atoms with Gasteiger partial charge in [0.1, 0.15) is 29.2 Å². The zero-order valence-corrected chi connectivity index (χ0v) is 70.2. The molecule has 0 spiro atoms. The van der Waals surface area contributed by atoms with Crippen molar-refractivity contribution >= 4 is 70.2 Å². The first-order valence-corrected chi connectivity index (χ1v) is 40.4. The van der Waals surface area contributed by atoms with Gasteiger partial charge in [-0.05, 0) is 71.6 Å². The van der Waals surface area contributed by atoms with Crippen LogP contribution in [0.5, 0.6) is 11.5 Å². The number of hydrogen-bond donors (Lipinski definition) is 5. The monoisotopic (exact) mass is 1730 g/mol. The summed E-state index contributed by atoms with van der Waals surface area (Å²) in [6.45, 7) is 10.9. The van der Waals surface area contributed by atoms with Crippen LogP contribution in [0, 0.1) is 5.92 Å². The molecule has 6 aromatic rings. The summed E-state index contributed by atoms with van der Waals surface area (Å²) < 4.78 is 137. The van der Waals surface area contributed by atoms with Crippen LogP contribution in [0.3, 0.4) is 0 Å². The minimum Gasteiger partial charge on any atom is -0.497 e. The summed E-state index contributed by atoms with van der Waals surface area (Å²) in [5.74, 6) is -5.25. The number of aromatic amines is 1. The number of hydrogen-bond acceptors (Lipinski definition) is 29. The molecule has 1 saturated heterocycles. The Hall–Kier alpha value is -10.3. The molecule has 0 bridgehead atoms. The highest BCUT2D eigenvalue weighted by atomic mass is 19.4. The van der Waals surface area contributed by atoms with E-state index in [-0.39, 0.29) is 131 Å². The molecule has 3 atom stereocenters. The number of benzene rings is 4. The van der Waals surface area contributed by atoms with E-state index >= 15 is 0 Å². The van der Waals surface area contributed by atoms with Gasteiger partial charge in [-0.2, -0.15) is 18.2 Å². The van der Waals surface area contributed by atoms with Gasteiger partial charge in [-0.15, -0.1) is 0 Å². The number of nitrogens with one attached hydrogen (secondary N) is 5. The minimum absolute atomic E-state index is 0.0192. The van der Waals surface area contributed by atoms with Crippen LogP contribution in [0.25, 0.3) is 11.2 Å². The average molecular weight is 1740 g/mol. The van der Waals surface area contributed by atoms with Crippen molar-refractivity contribution in [2.24, 2.45) is 5.92 Å². The molecular weight excluding hydrogens is 1620 g/mol. The van der Waals surface area contributed by atoms with E-state index < -0.39 is 83.6 Å². The number of esters is 2. The SMILES string of the molecule is CNC(=O)CCC(=O)O[C@@H]1C[C@@H](COC(c2ccccc2)(c2ccc(OC)cc2)c2ccc(OC)cc2)N(C(=O)CCOCCOCCOCCOCCOCCOCCOCCOCCOCCOCCOCCOCCNC(=O)CC[C@H](NC(=O)c2ccc(N(Cc3cnc4nc(NC(=O)C(C)C)[nH]c(=O)c4n3)C(=O)C(F)(F)F)cc2)C(=O)OC)C1. The number of aromatic nitrogens is 4. The predicted octanol–water partition coefficient (Wildman–Crippen LogP) is 5.23. The first-order valence-electron chi connectivity index (χ1n) is 40.4. The Labute approximate surface area is 711 Å². The Bertz CT molecular complexity index is 4170. The Morgan fingerprint density at radius 2 is 1.05 bits per heavy atom. The quantitative estimate of drug-likeness (QED) is 0.0185. The van der Waals surface area contributed by atoms with Gasteiger partial charge in [-0.3, -0.25) is 53.6 Å². The molecule has 1 aliphatic rings. The third kappa shape index (κ3) is 35.5. The number of halogens is 3. The van der Waals surface area contributed by atoms with Gasteiger partial charge in [-0.25, -0.2) is 14.8 Å². The van der Waals surface area contributed by atoms with E-state index in [1.165, 1.54) is 7.05 Å². The van der Waals surface area contributed by atoms with Crippen LogP contribution in [-0.4, -0.2) is 303 Å². The molecule has 0 saturated carbocycles. The summed E-state index contributed by atoms with van der Waals surface area (Å²) >= 11 is 0. The maximum atomic E-state index is 14.0. The van der Waals surface area contributed by atoms with Gasteiger partial charge >= 0.3 is 24.0 Å². The summed E-state index contributed by atoms with van der Waals surface area (Å²) in [4.78, 5) is 131. The van der Waals surface area contributed by atoms with E-state index in [0.29, 0.717) is 148 Å². The fourth-order valence-corrected chi connectivity index (χ4v) is 12.1. The zero-order valence-electron chi connectivity index (χ0n) is 70.2. The second-order valence-electron chi connectivity index (χ2n) is 27.6. The Morgan fingerprint density at radius 1 is 0.569 bits per heavy atom. The van der Waals surface area contributed by atoms with Gasteiger partial charge in [0.05, 0.1) is 230 Å². The molecule has 123 heavy (non-hydrogen) atoms. The maximum absolute atomic E-state index is 14.0. The van der Waals surface area contributed by atoms with Gasteiger partial charge in [0.2, 0.25) is 29.6 Å². The summed E-state index contributed by atoms with van der Waals surface area (Å²) in [5.41, 5.74) is -0.783. The second kappa shape index (κ2) is 55.8. The topological polar surface area (TPSA) is 420 Å². The van der Waals surface area contributed by atoms with Crippen LogP contribution in [0.2, 0.25) is 0 Å².